The molecule has 1 aromatic carbocycles. The third-order valence-corrected chi connectivity index (χ3v) is 2.95. The lowest BCUT2D eigenvalue weighted by molar-refractivity contribution is 0.318. The van der Waals surface area contributed by atoms with Crippen LogP contribution in [0.5, 0.6) is 0 Å². The minimum atomic E-state index is 0.161. The molecule has 0 atom stereocenters. The molecule has 0 saturated heterocycles. The van der Waals surface area contributed by atoms with Crippen molar-refractivity contribution in [2.75, 3.05) is 0 Å². The number of hydrogen-bond donors (Lipinski definition) is 2. The summed E-state index contributed by atoms with van der Waals surface area (Å²) in [7, 11) is 0. The van der Waals surface area contributed by atoms with Gasteiger partial charge in [-0.15, -0.1) is 11.8 Å². The van der Waals surface area contributed by atoms with Crippen LogP contribution >= 0.6 is 11.8 Å². The van der Waals surface area contributed by atoms with Crippen LogP contribution in [0.15, 0.2) is 28.3 Å². The third-order valence-electron chi connectivity index (χ3n) is 1.95. The maximum Gasteiger partial charge on any atom is 0.170 e. The first-order valence-corrected chi connectivity index (χ1v) is 5.67. The number of amidine groups is 1. The Hall–Kier alpha value is -1.16. The molecule has 0 aliphatic carbocycles. The minimum absolute atomic E-state index is 0.161. The molecule has 0 fully saturated rings. The molecular formula is C11H16N2OS. The van der Waals surface area contributed by atoms with Crippen LogP contribution in [0.3, 0.4) is 0 Å². The Balaban J connectivity index is 2.98. The molecule has 0 spiro atoms. The van der Waals surface area contributed by atoms with Gasteiger partial charge in [-0.25, -0.2) is 0 Å². The number of benzene rings is 1. The molecule has 0 aromatic heterocycles. The Morgan fingerprint density at radius 1 is 1.47 bits per heavy atom. The highest BCUT2D eigenvalue weighted by atomic mass is 32.2. The second-order valence-corrected chi connectivity index (χ2v) is 5.28. The Labute approximate surface area is 94.4 Å². The van der Waals surface area contributed by atoms with Crippen molar-refractivity contribution in [3.8, 4) is 0 Å². The van der Waals surface area contributed by atoms with Crippen LogP contribution in [0.2, 0.25) is 0 Å². The Kier molecular flexibility index (Phi) is 4.03. The van der Waals surface area contributed by atoms with Gasteiger partial charge in [0.1, 0.15) is 0 Å². The smallest absolute Gasteiger partial charge is 0.170 e. The molecule has 1 aromatic rings. The summed E-state index contributed by atoms with van der Waals surface area (Å²) in [6.45, 7) is 6.26. The summed E-state index contributed by atoms with van der Waals surface area (Å²) in [5.74, 6) is 0.161. The van der Waals surface area contributed by atoms with E-state index in [2.05, 4.69) is 25.1 Å². The highest BCUT2D eigenvalue weighted by Crippen LogP contribution is 2.24. The van der Waals surface area contributed by atoms with Gasteiger partial charge >= 0.3 is 0 Å². The van der Waals surface area contributed by atoms with E-state index in [1.807, 2.05) is 19.1 Å². The van der Waals surface area contributed by atoms with Crippen LogP contribution in [0.1, 0.15) is 25.0 Å². The van der Waals surface area contributed by atoms with E-state index in [0.717, 1.165) is 11.1 Å². The van der Waals surface area contributed by atoms with E-state index in [4.69, 9.17) is 10.9 Å². The fourth-order valence-corrected chi connectivity index (χ4v) is 2.26. The standard InChI is InChI=1S/C11H16N2OS/c1-7(2)15-9-4-5-10(8(3)6-9)11(12)13-14/h4-7,14H,1-3H3,(H2,12,13). The number of nitrogens with two attached hydrogens (primary N) is 1. The highest BCUT2D eigenvalue weighted by molar-refractivity contribution is 7.99. The first-order chi connectivity index (χ1) is 7.04. The Bertz CT molecular complexity index is 375. The van der Waals surface area contributed by atoms with E-state index in [1.54, 1.807) is 11.8 Å². The summed E-state index contributed by atoms with van der Waals surface area (Å²) in [5, 5.41) is 12.1. The van der Waals surface area contributed by atoms with Gasteiger partial charge in [-0.2, -0.15) is 0 Å². The van der Waals surface area contributed by atoms with E-state index in [9.17, 15) is 0 Å². The van der Waals surface area contributed by atoms with Crippen LogP contribution in [0.4, 0.5) is 0 Å². The summed E-state index contributed by atoms with van der Waals surface area (Å²) in [4.78, 5) is 1.21. The maximum atomic E-state index is 8.59. The van der Waals surface area contributed by atoms with Crippen LogP contribution in [0, 0.1) is 6.92 Å². The first kappa shape index (κ1) is 11.9. The lowest BCUT2D eigenvalue weighted by Crippen LogP contribution is -2.14. The van der Waals surface area contributed by atoms with Crippen LogP contribution in [-0.2, 0) is 0 Å². The van der Waals surface area contributed by atoms with E-state index >= 15 is 0 Å². The average Bonchev–Trinajstić information content (AvgIpc) is 2.16. The molecule has 82 valence electrons. The predicted molar refractivity (Wildman–Crippen MR) is 64.7 cm³/mol. The SMILES string of the molecule is Cc1cc(SC(C)C)ccc1/C(N)=N/O. The molecular weight excluding hydrogens is 208 g/mol. The zero-order chi connectivity index (χ0) is 11.4. The molecule has 0 aliphatic heterocycles. The van der Waals surface area contributed by atoms with Gasteiger partial charge in [0.2, 0.25) is 0 Å². The molecule has 0 heterocycles. The first-order valence-electron chi connectivity index (χ1n) is 4.79. The fourth-order valence-electron chi connectivity index (χ4n) is 1.32. The lowest BCUT2D eigenvalue weighted by Gasteiger charge is -2.08. The largest absolute Gasteiger partial charge is 0.409 e. The second kappa shape index (κ2) is 5.07. The van der Waals surface area contributed by atoms with E-state index in [0.29, 0.717) is 5.25 Å². The fraction of sp³-hybridized carbons (Fsp3) is 0.364. The molecule has 1 rings (SSSR count). The van der Waals surface area contributed by atoms with Crippen molar-refractivity contribution >= 4 is 17.6 Å². The zero-order valence-electron chi connectivity index (χ0n) is 9.19. The Morgan fingerprint density at radius 3 is 2.60 bits per heavy atom. The number of thioether (sulfide) groups is 1. The van der Waals surface area contributed by atoms with Crippen LogP contribution in [0.25, 0.3) is 0 Å². The molecule has 0 aliphatic rings. The van der Waals surface area contributed by atoms with Crippen LogP contribution in [-0.4, -0.2) is 16.3 Å². The summed E-state index contributed by atoms with van der Waals surface area (Å²) in [6, 6.07) is 5.93. The monoisotopic (exact) mass is 224 g/mol. The molecule has 3 nitrogen and oxygen atoms in total. The van der Waals surface area contributed by atoms with Gasteiger partial charge in [-0.05, 0) is 30.7 Å². The second-order valence-electron chi connectivity index (χ2n) is 3.63. The minimum Gasteiger partial charge on any atom is -0.409 e. The number of aryl methyl sites for hydroxylation is 1. The third kappa shape index (κ3) is 3.16. The van der Waals surface area contributed by atoms with Gasteiger partial charge in [-0.1, -0.05) is 19.0 Å². The summed E-state index contributed by atoms with van der Waals surface area (Å²) in [5.41, 5.74) is 7.35. The topological polar surface area (TPSA) is 58.6 Å². The zero-order valence-corrected chi connectivity index (χ0v) is 10.0. The Morgan fingerprint density at radius 2 is 2.13 bits per heavy atom. The molecule has 3 N–H and O–H groups in total. The predicted octanol–water partition coefficient (Wildman–Crippen LogP) is 2.59. The van der Waals surface area contributed by atoms with Crippen molar-refractivity contribution in [3.63, 3.8) is 0 Å². The van der Waals surface area contributed by atoms with Crippen molar-refractivity contribution in [3.05, 3.63) is 29.3 Å². The van der Waals surface area contributed by atoms with Gasteiger partial charge in [-0.3, -0.25) is 0 Å². The molecule has 0 saturated carbocycles. The van der Waals surface area contributed by atoms with Crippen molar-refractivity contribution in [1.29, 1.82) is 0 Å². The van der Waals surface area contributed by atoms with Crippen molar-refractivity contribution in [2.24, 2.45) is 10.9 Å². The van der Waals surface area contributed by atoms with Crippen molar-refractivity contribution in [2.45, 2.75) is 30.9 Å². The van der Waals surface area contributed by atoms with Crippen molar-refractivity contribution < 1.29 is 5.21 Å². The highest BCUT2D eigenvalue weighted by Gasteiger charge is 2.05. The number of oxime groups is 1. The van der Waals surface area contributed by atoms with Gasteiger partial charge in [0, 0.05) is 15.7 Å². The normalized spacial score (nSPS) is 12.1. The molecule has 15 heavy (non-hydrogen) atoms. The molecule has 4 heteroatoms. The van der Waals surface area contributed by atoms with E-state index in [-0.39, 0.29) is 5.84 Å². The van der Waals surface area contributed by atoms with E-state index < -0.39 is 0 Å². The van der Waals surface area contributed by atoms with Gasteiger partial charge in [0.05, 0.1) is 0 Å². The number of hydrogen-bond acceptors (Lipinski definition) is 3. The maximum absolute atomic E-state index is 8.59. The van der Waals surface area contributed by atoms with Crippen LogP contribution < -0.4 is 5.73 Å². The quantitative estimate of drug-likeness (QED) is 0.273. The summed E-state index contributed by atoms with van der Waals surface area (Å²) >= 11 is 1.80. The van der Waals surface area contributed by atoms with Gasteiger partial charge < -0.3 is 10.9 Å². The molecule has 0 amide bonds. The molecule has 0 radical (unpaired) electrons. The average molecular weight is 224 g/mol. The van der Waals surface area contributed by atoms with Gasteiger partial charge in [0.25, 0.3) is 0 Å². The lowest BCUT2D eigenvalue weighted by atomic mass is 10.1. The molecule has 0 unspecified atom stereocenters. The number of nitrogens with zero attached hydrogens (tertiary/aromatic N) is 1. The van der Waals surface area contributed by atoms with Gasteiger partial charge in [0.15, 0.2) is 5.84 Å². The van der Waals surface area contributed by atoms with E-state index in [1.165, 1.54) is 4.90 Å². The summed E-state index contributed by atoms with van der Waals surface area (Å²) in [6.07, 6.45) is 0. The number of rotatable bonds is 3. The molecule has 0 bridgehead atoms. The summed E-state index contributed by atoms with van der Waals surface area (Å²) < 4.78 is 0. The van der Waals surface area contributed by atoms with Crippen molar-refractivity contribution in [1.82, 2.24) is 0 Å².